The summed E-state index contributed by atoms with van der Waals surface area (Å²) in [6, 6.07) is 10.2. The summed E-state index contributed by atoms with van der Waals surface area (Å²) >= 11 is 0. The molecule has 3 nitrogen and oxygen atoms in total. The first kappa shape index (κ1) is 21.7. The number of carbonyl (C=O) groups excluding carboxylic acids is 1. The van der Waals surface area contributed by atoms with Gasteiger partial charge < -0.3 is 4.74 Å². The number of allylic oxidation sites excluding steroid dienone is 1. The zero-order valence-electron chi connectivity index (χ0n) is 16.9. The Morgan fingerprint density at radius 3 is 2.27 bits per heavy atom. The Morgan fingerprint density at radius 1 is 1.10 bits per heavy atom. The van der Waals surface area contributed by atoms with Gasteiger partial charge >= 0.3 is 5.97 Å². The van der Waals surface area contributed by atoms with E-state index >= 15 is 0 Å². The van der Waals surface area contributed by atoms with Crippen LogP contribution in [0.15, 0.2) is 49.1 Å². The molecule has 0 unspecified atom stereocenters. The van der Waals surface area contributed by atoms with Gasteiger partial charge in [0.25, 0.3) is 0 Å². The minimum atomic E-state index is -1.06. The maximum atomic E-state index is 13.7. The molecule has 156 valence electrons. The summed E-state index contributed by atoms with van der Waals surface area (Å²) in [7, 11) is 0. The van der Waals surface area contributed by atoms with Crippen molar-refractivity contribution in [1.29, 1.82) is 5.26 Å². The lowest BCUT2D eigenvalue weighted by molar-refractivity contribution is 0.0734. The van der Waals surface area contributed by atoms with Crippen molar-refractivity contribution in [2.75, 3.05) is 0 Å². The molecule has 0 aliphatic heterocycles. The number of esters is 1. The summed E-state index contributed by atoms with van der Waals surface area (Å²) in [5, 5.41) is 8.69. The van der Waals surface area contributed by atoms with Crippen LogP contribution < -0.4 is 4.74 Å². The standard InChI is InChI=1S/C25H25F2NO2/c1-2-3-17-4-6-18(7-5-17)8-9-19-10-12-20(13-11-19)25(29)30-21-14-23(26)22(16-28)24(27)15-21/h2,10-15,17-18H,1,3-9H2. The van der Waals surface area contributed by atoms with Crippen LogP contribution in [0.25, 0.3) is 0 Å². The van der Waals surface area contributed by atoms with Gasteiger partial charge in [-0.3, -0.25) is 0 Å². The third-order valence-corrected chi connectivity index (χ3v) is 5.84. The number of ether oxygens (including phenoxy) is 1. The zero-order valence-corrected chi connectivity index (χ0v) is 16.9. The molecule has 0 saturated heterocycles. The second-order valence-electron chi connectivity index (χ2n) is 7.91. The molecule has 2 aromatic carbocycles. The molecule has 30 heavy (non-hydrogen) atoms. The lowest BCUT2D eigenvalue weighted by Crippen LogP contribution is -2.14. The largest absolute Gasteiger partial charge is 0.423 e. The van der Waals surface area contributed by atoms with E-state index in [0.717, 1.165) is 48.8 Å². The van der Waals surface area contributed by atoms with E-state index in [1.807, 2.05) is 18.2 Å². The number of hydrogen-bond donors (Lipinski definition) is 0. The van der Waals surface area contributed by atoms with E-state index in [4.69, 9.17) is 10.00 Å². The lowest BCUT2D eigenvalue weighted by Gasteiger charge is -2.27. The average Bonchev–Trinajstić information content (AvgIpc) is 2.73. The minimum Gasteiger partial charge on any atom is -0.423 e. The van der Waals surface area contributed by atoms with E-state index in [1.54, 1.807) is 12.1 Å². The number of halogens is 2. The van der Waals surface area contributed by atoms with Crippen molar-refractivity contribution in [2.45, 2.75) is 44.9 Å². The Morgan fingerprint density at radius 2 is 1.70 bits per heavy atom. The van der Waals surface area contributed by atoms with E-state index < -0.39 is 23.2 Å². The summed E-state index contributed by atoms with van der Waals surface area (Å²) in [4.78, 5) is 12.3. The van der Waals surface area contributed by atoms with E-state index in [9.17, 15) is 13.6 Å². The SMILES string of the molecule is C=CCC1CCC(CCc2ccc(C(=O)Oc3cc(F)c(C#N)c(F)c3)cc2)CC1. The predicted octanol–water partition coefficient (Wildman–Crippen LogP) is 6.37. The van der Waals surface area contributed by atoms with Crippen LogP contribution in [0.1, 0.15) is 60.0 Å². The normalized spacial score (nSPS) is 18.4. The van der Waals surface area contributed by atoms with Crippen molar-refractivity contribution in [3.63, 3.8) is 0 Å². The van der Waals surface area contributed by atoms with E-state index in [0.29, 0.717) is 5.56 Å². The van der Waals surface area contributed by atoms with Gasteiger partial charge in [0.2, 0.25) is 0 Å². The quantitative estimate of drug-likeness (QED) is 0.303. The molecule has 0 atom stereocenters. The highest BCUT2D eigenvalue weighted by molar-refractivity contribution is 5.91. The number of carbonyl (C=O) groups is 1. The molecule has 1 aliphatic rings. The molecule has 5 heteroatoms. The van der Waals surface area contributed by atoms with Crippen LogP contribution in [0, 0.1) is 34.8 Å². The highest BCUT2D eigenvalue weighted by Crippen LogP contribution is 2.33. The van der Waals surface area contributed by atoms with Crippen LogP contribution in [0.4, 0.5) is 8.78 Å². The van der Waals surface area contributed by atoms with Gasteiger partial charge in [0.05, 0.1) is 5.56 Å². The fraction of sp³-hybridized carbons (Fsp3) is 0.360. The third-order valence-electron chi connectivity index (χ3n) is 5.84. The number of aryl methyl sites for hydroxylation is 1. The van der Waals surface area contributed by atoms with Crippen LogP contribution in [0.2, 0.25) is 0 Å². The van der Waals surface area contributed by atoms with Gasteiger partial charge in [0.15, 0.2) is 0 Å². The third kappa shape index (κ3) is 5.54. The summed E-state index contributed by atoms with van der Waals surface area (Å²) < 4.78 is 32.4. The van der Waals surface area contributed by atoms with Crippen molar-refractivity contribution < 1.29 is 18.3 Å². The van der Waals surface area contributed by atoms with Gasteiger partial charge in [-0.25, -0.2) is 13.6 Å². The molecule has 0 spiro atoms. The molecule has 1 saturated carbocycles. The molecule has 0 radical (unpaired) electrons. The molecule has 3 rings (SSSR count). The second-order valence-corrected chi connectivity index (χ2v) is 7.91. The average molecular weight is 409 g/mol. The molecule has 1 fully saturated rings. The molecule has 2 aromatic rings. The lowest BCUT2D eigenvalue weighted by atomic mass is 9.78. The first-order valence-electron chi connectivity index (χ1n) is 10.3. The van der Waals surface area contributed by atoms with E-state index in [-0.39, 0.29) is 5.75 Å². The van der Waals surface area contributed by atoms with Crippen LogP contribution in [-0.2, 0) is 6.42 Å². The minimum absolute atomic E-state index is 0.273. The first-order valence-corrected chi connectivity index (χ1v) is 10.3. The van der Waals surface area contributed by atoms with Crippen LogP contribution >= 0.6 is 0 Å². The molecule has 0 N–H and O–H groups in total. The van der Waals surface area contributed by atoms with E-state index in [1.165, 1.54) is 31.8 Å². The van der Waals surface area contributed by atoms with Crippen molar-refractivity contribution in [2.24, 2.45) is 11.8 Å². The maximum Gasteiger partial charge on any atom is 0.343 e. The number of hydrogen-bond acceptors (Lipinski definition) is 3. The summed E-state index contributed by atoms with van der Waals surface area (Å²) in [6.07, 6.45) is 10.3. The number of nitrogens with zero attached hydrogens (tertiary/aromatic N) is 1. The smallest absolute Gasteiger partial charge is 0.343 e. The van der Waals surface area contributed by atoms with Crippen LogP contribution in [-0.4, -0.2) is 5.97 Å². The topological polar surface area (TPSA) is 50.1 Å². The Bertz CT molecular complexity index is 916. The maximum absolute atomic E-state index is 13.7. The van der Waals surface area contributed by atoms with Gasteiger partial charge in [-0.15, -0.1) is 6.58 Å². The Labute approximate surface area is 176 Å². The molecule has 0 aromatic heterocycles. The van der Waals surface area contributed by atoms with Crippen molar-refractivity contribution >= 4 is 5.97 Å². The van der Waals surface area contributed by atoms with Crippen LogP contribution in [0.5, 0.6) is 5.75 Å². The summed E-state index contributed by atoms with van der Waals surface area (Å²) in [6.45, 7) is 3.83. The van der Waals surface area contributed by atoms with Gasteiger partial charge in [-0.1, -0.05) is 31.1 Å². The van der Waals surface area contributed by atoms with Crippen molar-refractivity contribution in [1.82, 2.24) is 0 Å². The summed E-state index contributed by atoms with van der Waals surface area (Å²) in [5.41, 5.74) is 0.748. The summed E-state index contributed by atoms with van der Waals surface area (Å²) in [5.74, 6) is -1.56. The zero-order chi connectivity index (χ0) is 21.5. The van der Waals surface area contributed by atoms with Crippen molar-refractivity contribution in [3.05, 3.63) is 77.4 Å². The van der Waals surface area contributed by atoms with Gasteiger partial charge in [0, 0.05) is 12.1 Å². The molecule has 1 aliphatic carbocycles. The van der Waals surface area contributed by atoms with E-state index in [2.05, 4.69) is 6.58 Å². The monoisotopic (exact) mass is 409 g/mol. The van der Waals surface area contributed by atoms with Gasteiger partial charge in [-0.2, -0.15) is 5.26 Å². The molecular weight excluding hydrogens is 384 g/mol. The second kappa shape index (κ2) is 10.2. The molecule has 0 amide bonds. The molecule has 0 heterocycles. The predicted molar refractivity (Wildman–Crippen MR) is 111 cm³/mol. The Hall–Kier alpha value is -3.00. The van der Waals surface area contributed by atoms with Gasteiger partial charge in [-0.05, 0) is 61.6 Å². The highest BCUT2D eigenvalue weighted by Gasteiger charge is 2.20. The molecular formula is C25H25F2NO2. The number of nitriles is 1. The molecule has 0 bridgehead atoms. The fourth-order valence-electron chi connectivity index (χ4n) is 4.05. The Balaban J connectivity index is 1.52. The first-order chi connectivity index (χ1) is 14.5. The number of benzene rings is 2. The Kier molecular flexibility index (Phi) is 7.35. The van der Waals surface area contributed by atoms with Crippen LogP contribution in [0.3, 0.4) is 0 Å². The highest BCUT2D eigenvalue weighted by atomic mass is 19.1. The van der Waals surface area contributed by atoms with Gasteiger partial charge in [0.1, 0.15) is 29.0 Å². The fourth-order valence-corrected chi connectivity index (χ4v) is 4.05. The van der Waals surface area contributed by atoms with Crippen molar-refractivity contribution in [3.8, 4) is 11.8 Å². The number of rotatable bonds is 7.